The standard InChI is InChI=1S/C19H24N4O2S/c1-12(2)25-15-8-6-14(7-9-15)16(22-10-4-5-11-22)17-18(24)23-19(26-17)20-13(3)21-23/h6-9,12,16,24H,4-5,10-11H2,1-3H3. The summed E-state index contributed by atoms with van der Waals surface area (Å²) in [4.78, 5) is 8.48. The molecular weight excluding hydrogens is 348 g/mol. The van der Waals surface area contributed by atoms with Gasteiger partial charge in [0.15, 0.2) is 0 Å². The lowest BCUT2D eigenvalue weighted by Gasteiger charge is -2.27. The second-order valence-corrected chi connectivity index (χ2v) is 8.03. The van der Waals surface area contributed by atoms with Gasteiger partial charge in [0.25, 0.3) is 0 Å². The van der Waals surface area contributed by atoms with Gasteiger partial charge in [-0.25, -0.2) is 4.98 Å². The van der Waals surface area contributed by atoms with Crippen molar-refractivity contribution in [3.63, 3.8) is 0 Å². The molecule has 1 N–H and O–H groups in total. The van der Waals surface area contributed by atoms with E-state index in [0.717, 1.165) is 34.2 Å². The Labute approximate surface area is 157 Å². The van der Waals surface area contributed by atoms with E-state index in [0.29, 0.717) is 5.82 Å². The number of likely N-dealkylation sites (tertiary alicyclic amines) is 1. The number of nitrogens with zero attached hydrogens (tertiary/aromatic N) is 4. The molecule has 6 nitrogen and oxygen atoms in total. The molecule has 0 radical (unpaired) electrons. The average molecular weight is 372 g/mol. The van der Waals surface area contributed by atoms with Gasteiger partial charge in [0.2, 0.25) is 10.8 Å². The van der Waals surface area contributed by atoms with Crippen molar-refractivity contribution >= 4 is 16.3 Å². The Hall–Kier alpha value is -2.12. The summed E-state index contributed by atoms with van der Waals surface area (Å²) in [6, 6.07) is 8.23. The van der Waals surface area contributed by atoms with Gasteiger partial charge in [0, 0.05) is 0 Å². The molecule has 1 unspecified atom stereocenters. The van der Waals surface area contributed by atoms with Crippen molar-refractivity contribution < 1.29 is 9.84 Å². The average Bonchev–Trinajstić information content (AvgIpc) is 3.29. The second-order valence-electron chi connectivity index (χ2n) is 7.02. The molecule has 3 heterocycles. The maximum atomic E-state index is 10.8. The highest BCUT2D eigenvalue weighted by Crippen LogP contribution is 2.41. The zero-order chi connectivity index (χ0) is 18.3. The summed E-state index contributed by atoms with van der Waals surface area (Å²) < 4.78 is 7.32. The first kappa shape index (κ1) is 17.3. The molecule has 0 bridgehead atoms. The van der Waals surface area contributed by atoms with Crippen molar-refractivity contribution in [3.8, 4) is 11.6 Å². The highest BCUT2D eigenvalue weighted by atomic mass is 32.1. The summed E-state index contributed by atoms with van der Waals surface area (Å²) in [5, 5.41) is 15.1. The van der Waals surface area contributed by atoms with Crippen LogP contribution in [0.25, 0.3) is 4.96 Å². The SMILES string of the molecule is Cc1nc2sc(C(c3ccc(OC(C)C)cc3)N3CCCC3)c(O)n2n1. The van der Waals surface area contributed by atoms with Crippen LogP contribution in [0, 0.1) is 6.92 Å². The lowest BCUT2D eigenvalue weighted by Crippen LogP contribution is -2.26. The van der Waals surface area contributed by atoms with Gasteiger partial charge in [0.1, 0.15) is 11.6 Å². The van der Waals surface area contributed by atoms with Gasteiger partial charge >= 0.3 is 0 Å². The van der Waals surface area contributed by atoms with E-state index >= 15 is 0 Å². The lowest BCUT2D eigenvalue weighted by molar-refractivity contribution is 0.242. The molecule has 4 rings (SSSR count). The molecule has 7 heteroatoms. The minimum Gasteiger partial charge on any atom is -0.492 e. The van der Waals surface area contributed by atoms with Crippen LogP contribution < -0.4 is 4.74 Å². The molecular formula is C19H24N4O2S. The number of aromatic hydroxyl groups is 1. The third kappa shape index (κ3) is 3.17. The Kier molecular flexibility index (Phi) is 4.58. The zero-order valence-electron chi connectivity index (χ0n) is 15.3. The Morgan fingerprint density at radius 2 is 1.85 bits per heavy atom. The van der Waals surface area contributed by atoms with Crippen LogP contribution in [-0.2, 0) is 0 Å². The van der Waals surface area contributed by atoms with Crippen molar-refractivity contribution in [2.45, 2.75) is 45.8 Å². The monoisotopic (exact) mass is 372 g/mol. The van der Waals surface area contributed by atoms with E-state index in [1.54, 1.807) is 4.52 Å². The van der Waals surface area contributed by atoms with E-state index in [-0.39, 0.29) is 18.0 Å². The molecule has 1 aromatic carbocycles. The fourth-order valence-corrected chi connectivity index (χ4v) is 4.72. The number of benzene rings is 1. The Bertz CT molecular complexity index is 894. The molecule has 1 atom stereocenters. The van der Waals surface area contributed by atoms with Gasteiger partial charge in [-0.1, -0.05) is 23.5 Å². The first-order valence-corrected chi connectivity index (χ1v) is 9.90. The van der Waals surface area contributed by atoms with Crippen LogP contribution in [0.2, 0.25) is 0 Å². The molecule has 1 aliphatic rings. The number of thiazole rings is 1. The maximum Gasteiger partial charge on any atom is 0.230 e. The number of aryl methyl sites for hydroxylation is 1. The van der Waals surface area contributed by atoms with E-state index in [2.05, 4.69) is 27.1 Å². The normalized spacial score (nSPS) is 16.6. The summed E-state index contributed by atoms with van der Waals surface area (Å²) in [6.07, 6.45) is 2.52. The molecule has 0 spiro atoms. The third-order valence-corrected chi connectivity index (χ3v) is 5.70. The maximum absolute atomic E-state index is 10.8. The second kappa shape index (κ2) is 6.89. The fourth-order valence-electron chi connectivity index (χ4n) is 3.55. The fraction of sp³-hybridized carbons (Fsp3) is 0.474. The largest absolute Gasteiger partial charge is 0.492 e. The van der Waals surface area contributed by atoms with E-state index in [1.807, 2.05) is 32.9 Å². The first-order chi connectivity index (χ1) is 12.5. The first-order valence-electron chi connectivity index (χ1n) is 9.08. The molecule has 2 aromatic heterocycles. The predicted octanol–water partition coefficient (Wildman–Crippen LogP) is 3.78. The van der Waals surface area contributed by atoms with E-state index < -0.39 is 0 Å². The summed E-state index contributed by atoms with van der Waals surface area (Å²) >= 11 is 1.52. The summed E-state index contributed by atoms with van der Waals surface area (Å²) in [5.41, 5.74) is 1.15. The van der Waals surface area contributed by atoms with Gasteiger partial charge in [-0.15, -0.1) is 5.10 Å². The molecule has 1 fully saturated rings. The molecule has 26 heavy (non-hydrogen) atoms. The number of fused-ring (bicyclic) bond motifs is 1. The van der Waals surface area contributed by atoms with E-state index in [4.69, 9.17) is 4.74 Å². The molecule has 1 aliphatic heterocycles. The predicted molar refractivity (Wildman–Crippen MR) is 102 cm³/mol. The zero-order valence-corrected chi connectivity index (χ0v) is 16.2. The number of rotatable bonds is 5. The highest BCUT2D eigenvalue weighted by Gasteiger charge is 2.31. The van der Waals surface area contributed by atoms with Gasteiger partial charge in [-0.3, -0.25) is 4.90 Å². The molecule has 0 amide bonds. The molecule has 0 saturated carbocycles. The van der Waals surface area contributed by atoms with Crippen LogP contribution in [0.3, 0.4) is 0 Å². The summed E-state index contributed by atoms with van der Waals surface area (Å²) in [5.74, 6) is 1.74. The van der Waals surface area contributed by atoms with Gasteiger partial charge < -0.3 is 9.84 Å². The Balaban J connectivity index is 1.74. The van der Waals surface area contributed by atoms with Crippen LogP contribution in [0.15, 0.2) is 24.3 Å². The number of hydrogen-bond acceptors (Lipinski definition) is 6. The summed E-state index contributed by atoms with van der Waals surface area (Å²) in [7, 11) is 0. The number of ether oxygens (including phenoxy) is 1. The van der Waals surface area contributed by atoms with Crippen molar-refractivity contribution in [1.29, 1.82) is 0 Å². The third-order valence-electron chi connectivity index (χ3n) is 4.63. The number of aromatic nitrogens is 3. The van der Waals surface area contributed by atoms with Crippen LogP contribution in [0.5, 0.6) is 11.6 Å². The van der Waals surface area contributed by atoms with Crippen molar-refractivity contribution in [2.75, 3.05) is 13.1 Å². The topological polar surface area (TPSA) is 62.9 Å². The molecule has 3 aromatic rings. The Morgan fingerprint density at radius 1 is 1.15 bits per heavy atom. The van der Waals surface area contributed by atoms with E-state index in [9.17, 15) is 5.11 Å². The number of hydrogen-bond donors (Lipinski definition) is 1. The van der Waals surface area contributed by atoms with Crippen LogP contribution >= 0.6 is 11.3 Å². The van der Waals surface area contributed by atoms with Gasteiger partial charge in [-0.05, 0) is 64.4 Å². The quantitative estimate of drug-likeness (QED) is 0.738. The van der Waals surface area contributed by atoms with Crippen molar-refractivity contribution in [3.05, 3.63) is 40.5 Å². The van der Waals surface area contributed by atoms with Crippen molar-refractivity contribution in [2.24, 2.45) is 0 Å². The van der Waals surface area contributed by atoms with Gasteiger partial charge in [-0.2, -0.15) is 4.52 Å². The lowest BCUT2D eigenvalue weighted by atomic mass is 10.0. The van der Waals surface area contributed by atoms with Crippen LogP contribution in [0.1, 0.15) is 49.0 Å². The highest BCUT2D eigenvalue weighted by molar-refractivity contribution is 7.17. The molecule has 0 aliphatic carbocycles. The van der Waals surface area contributed by atoms with Crippen molar-refractivity contribution in [1.82, 2.24) is 19.5 Å². The smallest absolute Gasteiger partial charge is 0.230 e. The summed E-state index contributed by atoms with van der Waals surface area (Å²) in [6.45, 7) is 7.94. The Morgan fingerprint density at radius 3 is 2.46 bits per heavy atom. The minimum atomic E-state index is 0.0133. The van der Waals surface area contributed by atoms with Crippen LogP contribution in [0.4, 0.5) is 0 Å². The van der Waals surface area contributed by atoms with E-state index in [1.165, 1.54) is 24.2 Å². The van der Waals surface area contributed by atoms with Crippen LogP contribution in [-0.4, -0.2) is 43.8 Å². The molecule has 1 saturated heterocycles. The van der Waals surface area contributed by atoms with Gasteiger partial charge in [0.05, 0.1) is 17.0 Å². The minimum absolute atomic E-state index is 0.0133. The molecule has 138 valence electrons.